The summed E-state index contributed by atoms with van der Waals surface area (Å²) in [7, 11) is 0. The van der Waals surface area contributed by atoms with Gasteiger partial charge in [0, 0.05) is 5.69 Å². The average Bonchev–Trinajstić information content (AvgIpc) is 2.71. The van der Waals surface area contributed by atoms with E-state index in [-0.39, 0.29) is 12.6 Å². The van der Waals surface area contributed by atoms with Gasteiger partial charge in [0.2, 0.25) is 0 Å². The smallest absolute Gasteiger partial charge is 0.328 e. The Hall–Kier alpha value is -2.04. The summed E-state index contributed by atoms with van der Waals surface area (Å²) in [6, 6.07) is 6.23. The van der Waals surface area contributed by atoms with Crippen LogP contribution < -0.4 is 10.2 Å². The second kappa shape index (κ2) is 4.68. The Kier molecular flexibility index (Phi) is 3.23. The van der Waals surface area contributed by atoms with E-state index in [1.807, 2.05) is 12.1 Å². The Bertz CT molecular complexity index is 468. The van der Waals surface area contributed by atoms with Crippen molar-refractivity contribution in [3.8, 4) is 0 Å². The lowest BCUT2D eigenvalue weighted by atomic mass is 10.0. The van der Waals surface area contributed by atoms with Crippen molar-refractivity contribution in [1.29, 1.82) is 0 Å². The minimum atomic E-state index is -0.999. The number of hydrogen-bond donors (Lipinski definition) is 2. The van der Waals surface area contributed by atoms with Crippen molar-refractivity contribution in [2.45, 2.75) is 25.8 Å². The molecular weight excluding hydrogens is 232 g/mol. The van der Waals surface area contributed by atoms with E-state index >= 15 is 0 Å². The minimum absolute atomic E-state index is 0.139. The molecule has 0 saturated carbocycles. The van der Waals surface area contributed by atoms with Crippen molar-refractivity contribution in [3.63, 3.8) is 0 Å². The van der Waals surface area contributed by atoms with Crippen LogP contribution in [-0.4, -0.2) is 29.7 Å². The minimum Gasteiger partial charge on any atom is -0.480 e. The maximum atomic E-state index is 11.7. The topological polar surface area (TPSA) is 69.6 Å². The number of benzene rings is 1. The predicted molar refractivity (Wildman–Crippen MR) is 67.8 cm³/mol. The van der Waals surface area contributed by atoms with Gasteiger partial charge in [-0.15, -0.1) is 0 Å². The van der Waals surface area contributed by atoms with Crippen molar-refractivity contribution in [2.24, 2.45) is 0 Å². The normalized spacial score (nSPS) is 19.2. The monoisotopic (exact) mass is 248 g/mol. The van der Waals surface area contributed by atoms with Crippen molar-refractivity contribution in [3.05, 3.63) is 29.8 Å². The highest BCUT2D eigenvalue weighted by Crippen LogP contribution is 2.23. The van der Waals surface area contributed by atoms with Gasteiger partial charge in [-0.2, -0.15) is 0 Å². The molecule has 1 saturated heterocycles. The predicted octanol–water partition coefficient (Wildman–Crippen LogP) is 1.79. The molecule has 5 nitrogen and oxygen atoms in total. The quantitative estimate of drug-likeness (QED) is 0.856. The Labute approximate surface area is 105 Å². The number of nitrogens with one attached hydrogen (secondary N) is 1. The zero-order chi connectivity index (χ0) is 13.3. The first-order valence-electron chi connectivity index (χ1n) is 5.90. The molecule has 5 heteroatoms. The Morgan fingerprint density at radius 2 is 2.00 bits per heavy atom. The van der Waals surface area contributed by atoms with E-state index in [1.54, 1.807) is 12.1 Å². The zero-order valence-corrected chi connectivity index (χ0v) is 10.4. The number of nitrogens with zero attached hydrogens (tertiary/aromatic N) is 1. The molecular formula is C13H16N2O3. The molecule has 2 N–H and O–H groups in total. The number of carboxylic acids is 1. The van der Waals surface area contributed by atoms with Gasteiger partial charge in [-0.05, 0) is 23.6 Å². The van der Waals surface area contributed by atoms with Crippen molar-refractivity contribution in [1.82, 2.24) is 5.32 Å². The first-order chi connectivity index (χ1) is 8.50. The molecule has 0 radical (unpaired) electrons. The van der Waals surface area contributed by atoms with Gasteiger partial charge in [-0.1, -0.05) is 26.0 Å². The Balaban J connectivity index is 2.29. The van der Waals surface area contributed by atoms with Gasteiger partial charge in [0.25, 0.3) is 0 Å². The fourth-order valence-corrected chi connectivity index (χ4v) is 2.02. The molecule has 2 amide bonds. The largest absolute Gasteiger partial charge is 0.480 e. The van der Waals surface area contributed by atoms with Crippen LogP contribution in [0.3, 0.4) is 0 Å². The highest BCUT2D eigenvalue weighted by atomic mass is 16.4. The molecule has 0 bridgehead atoms. The van der Waals surface area contributed by atoms with Gasteiger partial charge < -0.3 is 10.4 Å². The van der Waals surface area contributed by atoms with Crippen LogP contribution in [0.1, 0.15) is 25.3 Å². The lowest BCUT2D eigenvalue weighted by Gasteiger charge is -2.20. The van der Waals surface area contributed by atoms with Crippen LogP contribution in [0.25, 0.3) is 0 Å². The van der Waals surface area contributed by atoms with E-state index in [2.05, 4.69) is 19.2 Å². The standard InChI is InChI=1S/C13H16N2O3/c1-8(2)9-3-5-10(6-4-9)15-11(12(16)17)7-14-13(15)18/h3-6,8,11H,7H2,1-2H3,(H,14,18)(H,16,17). The van der Waals surface area contributed by atoms with Crippen LogP contribution >= 0.6 is 0 Å². The third kappa shape index (κ3) is 2.16. The van der Waals surface area contributed by atoms with Gasteiger partial charge in [0.05, 0.1) is 6.54 Å². The first kappa shape index (κ1) is 12.4. The molecule has 0 aliphatic carbocycles. The van der Waals surface area contributed by atoms with Gasteiger partial charge in [0.1, 0.15) is 0 Å². The summed E-state index contributed by atoms with van der Waals surface area (Å²) in [6.07, 6.45) is 0. The SMILES string of the molecule is CC(C)c1ccc(N2C(=O)NCC2C(=O)O)cc1. The lowest BCUT2D eigenvalue weighted by molar-refractivity contribution is -0.137. The molecule has 2 rings (SSSR count). The highest BCUT2D eigenvalue weighted by molar-refractivity contribution is 6.01. The molecule has 1 aliphatic rings. The summed E-state index contributed by atoms with van der Waals surface area (Å²) < 4.78 is 0. The summed E-state index contributed by atoms with van der Waals surface area (Å²) >= 11 is 0. The number of carboxylic acid groups (broad SMARTS) is 1. The number of aliphatic carboxylic acids is 1. The van der Waals surface area contributed by atoms with Gasteiger partial charge >= 0.3 is 12.0 Å². The fourth-order valence-electron chi connectivity index (χ4n) is 2.02. The summed E-state index contributed by atoms with van der Waals surface area (Å²) in [6.45, 7) is 4.30. The van der Waals surface area contributed by atoms with Crippen LogP contribution in [0, 0.1) is 0 Å². The number of carbonyl (C=O) groups excluding carboxylic acids is 1. The second-order valence-corrected chi connectivity index (χ2v) is 4.66. The van der Waals surface area contributed by atoms with Crippen LogP contribution in [0.5, 0.6) is 0 Å². The lowest BCUT2D eigenvalue weighted by Crippen LogP contribution is -2.39. The number of rotatable bonds is 3. The number of carbonyl (C=O) groups is 2. The maximum absolute atomic E-state index is 11.7. The summed E-state index contributed by atoms with van der Waals surface area (Å²) in [5.41, 5.74) is 1.77. The first-order valence-corrected chi connectivity index (χ1v) is 5.90. The van der Waals surface area contributed by atoms with E-state index in [1.165, 1.54) is 4.90 Å². The van der Waals surface area contributed by atoms with Gasteiger partial charge in [0.15, 0.2) is 6.04 Å². The van der Waals surface area contributed by atoms with Gasteiger partial charge in [-0.25, -0.2) is 9.59 Å². The molecule has 0 spiro atoms. The second-order valence-electron chi connectivity index (χ2n) is 4.66. The molecule has 1 aromatic carbocycles. The van der Waals surface area contributed by atoms with E-state index in [0.717, 1.165) is 5.56 Å². The number of urea groups is 1. The van der Waals surface area contributed by atoms with Gasteiger partial charge in [-0.3, -0.25) is 4.90 Å². The molecule has 1 heterocycles. The van der Waals surface area contributed by atoms with E-state index in [4.69, 9.17) is 5.11 Å². The molecule has 96 valence electrons. The average molecular weight is 248 g/mol. The van der Waals surface area contributed by atoms with Crippen molar-refractivity contribution in [2.75, 3.05) is 11.4 Å². The van der Waals surface area contributed by atoms with E-state index in [9.17, 15) is 9.59 Å². The molecule has 1 atom stereocenters. The highest BCUT2D eigenvalue weighted by Gasteiger charge is 2.36. The van der Waals surface area contributed by atoms with Crippen LogP contribution in [0.4, 0.5) is 10.5 Å². The fraction of sp³-hybridized carbons (Fsp3) is 0.385. The zero-order valence-electron chi connectivity index (χ0n) is 10.4. The third-order valence-electron chi connectivity index (χ3n) is 3.10. The van der Waals surface area contributed by atoms with Crippen molar-refractivity contribution >= 4 is 17.7 Å². The number of anilines is 1. The summed E-state index contributed by atoms with van der Waals surface area (Å²) in [4.78, 5) is 24.0. The van der Waals surface area contributed by atoms with Crippen molar-refractivity contribution < 1.29 is 14.7 Å². The maximum Gasteiger partial charge on any atom is 0.328 e. The van der Waals surface area contributed by atoms with E-state index < -0.39 is 12.0 Å². The number of hydrogen-bond acceptors (Lipinski definition) is 2. The molecule has 1 aliphatic heterocycles. The Morgan fingerprint density at radius 1 is 1.39 bits per heavy atom. The molecule has 18 heavy (non-hydrogen) atoms. The van der Waals surface area contributed by atoms with Crippen LogP contribution in [-0.2, 0) is 4.79 Å². The molecule has 0 aromatic heterocycles. The third-order valence-corrected chi connectivity index (χ3v) is 3.10. The Morgan fingerprint density at radius 3 is 2.50 bits per heavy atom. The van der Waals surface area contributed by atoms with E-state index in [0.29, 0.717) is 11.6 Å². The molecule has 1 unspecified atom stereocenters. The van der Waals surface area contributed by atoms with Crippen LogP contribution in [0.15, 0.2) is 24.3 Å². The molecule has 1 fully saturated rings. The number of amides is 2. The summed E-state index contributed by atoms with van der Waals surface area (Å²) in [5.74, 6) is -0.594. The molecule has 1 aromatic rings. The van der Waals surface area contributed by atoms with Crippen LogP contribution in [0.2, 0.25) is 0 Å². The summed E-state index contributed by atoms with van der Waals surface area (Å²) in [5, 5.41) is 11.6.